The Hall–Kier alpha value is -2.58. The number of carbonyl (C=O) groups is 1. The van der Waals surface area contributed by atoms with Gasteiger partial charge in [-0.15, -0.1) is 0 Å². The summed E-state index contributed by atoms with van der Waals surface area (Å²) < 4.78 is 32.5. The molecule has 8 heteroatoms. The van der Waals surface area contributed by atoms with Crippen molar-refractivity contribution in [2.75, 3.05) is 6.79 Å². The van der Waals surface area contributed by atoms with E-state index >= 15 is 0 Å². The Morgan fingerprint density at radius 3 is 2.42 bits per heavy atom. The van der Waals surface area contributed by atoms with Crippen molar-refractivity contribution in [1.29, 1.82) is 0 Å². The van der Waals surface area contributed by atoms with Gasteiger partial charge in [0, 0.05) is 12.1 Å². The van der Waals surface area contributed by atoms with Crippen LogP contribution in [0.2, 0.25) is 0 Å². The Bertz CT molecular complexity index is 863. The van der Waals surface area contributed by atoms with E-state index in [0.717, 1.165) is 5.56 Å². The first-order chi connectivity index (χ1) is 11.4. The van der Waals surface area contributed by atoms with Crippen LogP contribution in [-0.4, -0.2) is 21.1 Å². The lowest BCUT2D eigenvalue weighted by molar-refractivity contribution is 0.0950. The second-order valence-corrected chi connectivity index (χ2v) is 6.99. The summed E-state index contributed by atoms with van der Waals surface area (Å²) in [6.45, 7) is 0.480. The molecule has 0 spiro atoms. The minimum Gasteiger partial charge on any atom is -0.454 e. The highest BCUT2D eigenvalue weighted by atomic mass is 32.2. The third kappa shape index (κ3) is 4.03. The van der Waals surface area contributed by atoms with E-state index in [1.165, 1.54) is 0 Å². The highest BCUT2D eigenvalue weighted by molar-refractivity contribution is 7.88. The quantitative estimate of drug-likeness (QED) is 0.842. The van der Waals surface area contributed by atoms with Gasteiger partial charge in [-0.2, -0.15) is 0 Å². The molecule has 0 bridgehead atoms. The average Bonchev–Trinajstić information content (AvgIpc) is 3.00. The second-order valence-electron chi connectivity index (χ2n) is 5.37. The highest BCUT2D eigenvalue weighted by Gasteiger charge is 2.16. The third-order valence-corrected chi connectivity index (χ3v) is 4.21. The summed E-state index contributed by atoms with van der Waals surface area (Å²) in [5.41, 5.74) is 1.93. The number of hydrogen-bond donors (Lipinski definition) is 2. The molecule has 126 valence electrons. The van der Waals surface area contributed by atoms with Crippen molar-refractivity contribution in [3.63, 3.8) is 0 Å². The van der Waals surface area contributed by atoms with Crippen LogP contribution in [0.4, 0.5) is 0 Å². The maximum atomic E-state index is 12.2. The Kier molecular flexibility index (Phi) is 4.41. The molecule has 3 N–H and O–H groups in total. The minimum absolute atomic E-state index is 0.158. The van der Waals surface area contributed by atoms with Gasteiger partial charge in [-0.05, 0) is 29.3 Å². The van der Waals surface area contributed by atoms with Gasteiger partial charge in [-0.1, -0.05) is 24.3 Å². The molecule has 1 amide bonds. The van der Waals surface area contributed by atoms with Gasteiger partial charge in [-0.25, -0.2) is 13.6 Å². The van der Waals surface area contributed by atoms with E-state index < -0.39 is 10.0 Å². The fraction of sp³-hybridized carbons (Fsp3) is 0.188. The highest BCUT2D eigenvalue weighted by Crippen LogP contribution is 2.32. The van der Waals surface area contributed by atoms with E-state index in [9.17, 15) is 13.2 Å². The van der Waals surface area contributed by atoms with Gasteiger partial charge in [0.25, 0.3) is 5.91 Å². The number of amides is 1. The molecule has 2 aromatic carbocycles. The van der Waals surface area contributed by atoms with Gasteiger partial charge < -0.3 is 14.8 Å². The normalized spacial score (nSPS) is 12.9. The predicted molar refractivity (Wildman–Crippen MR) is 87.0 cm³/mol. The first-order valence-corrected chi connectivity index (χ1v) is 8.88. The number of rotatable bonds is 5. The Balaban J connectivity index is 1.60. The molecule has 0 radical (unpaired) electrons. The summed E-state index contributed by atoms with van der Waals surface area (Å²) in [5, 5.41) is 7.80. The molecule has 7 nitrogen and oxygen atoms in total. The summed E-state index contributed by atoms with van der Waals surface area (Å²) in [6, 6.07) is 11.8. The van der Waals surface area contributed by atoms with Crippen LogP contribution in [0.3, 0.4) is 0 Å². The van der Waals surface area contributed by atoms with E-state index in [-0.39, 0.29) is 18.5 Å². The largest absolute Gasteiger partial charge is 0.454 e. The monoisotopic (exact) mass is 348 g/mol. The predicted octanol–water partition coefficient (Wildman–Crippen LogP) is 1.13. The number of nitrogens with two attached hydrogens (primary N) is 1. The molecule has 24 heavy (non-hydrogen) atoms. The van der Waals surface area contributed by atoms with E-state index in [0.29, 0.717) is 29.2 Å². The number of sulfonamides is 1. The Labute approximate surface area is 139 Å². The molecule has 3 rings (SSSR count). The van der Waals surface area contributed by atoms with Crippen LogP contribution in [0.25, 0.3) is 0 Å². The van der Waals surface area contributed by atoms with Gasteiger partial charge in [0.05, 0.1) is 5.75 Å². The van der Waals surface area contributed by atoms with Crippen molar-refractivity contribution >= 4 is 15.9 Å². The van der Waals surface area contributed by atoms with E-state index in [1.54, 1.807) is 42.5 Å². The molecule has 0 aliphatic carbocycles. The number of hydrogen-bond acceptors (Lipinski definition) is 5. The summed E-state index contributed by atoms with van der Waals surface area (Å²) >= 11 is 0. The first kappa shape index (κ1) is 16.3. The van der Waals surface area contributed by atoms with Crippen molar-refractivity contribution in [1.82, 2.24) is 5.32 Å². The van der Waals surface area contributed by atoms with E-state index in [4.69, 9.17) is 14.6 Å². The summed E-state index contributed by atoms with van der Waals surface area (Å²) in [6.07, 6.45) is 0. The summed E-state index contributed by atoms with van der Waals surface area (Å²) in [7, 11) is -3.55. The average molecular weight is 348 g/mol. The molecular weight excluding hydrogens is 332 g/mol. The lowest BCUT2D eigenvalue weighted by atomic mass is 10.1. The van der Waals surface area contributed by atoms with Crippen LogP contribution in [0.1, 0.15) is 21.5 Å². The van der Waals surface area contributed by atoms with Gasteiger partial charge in [0.15, 0.2) is 11.5 Å². The van der Waals surface area contributed by atoms with Crippen LogP contribution < -0.4 is 19.9 Å². The molecule has 0 fully saturated rings. The van der Waals surface area contributed by atoms with Gasteiger partial charge in [0.2, 0.25) is 16.8 Å². The van der Waals surface area contributed by atoms with Gasteiger partial charge in [-0.3, -0.25) is 4.79 Å². The molecule has 1 aliphatic heterocycles. The smallest absolute Gasteiger partial charge is 0.251 e. The lowest BCUT2D eigenvalue weighted by Gasteiger charge is -2.07. The lowest BCUT2D eigenvalue weighted by Crippen LogP contribution is -2.22. The van der Waals surface area contributed by atoms with Crippen molar-refractivity contribution in [2.45, 2.75) is 12.3 Å². The molecule has 1 heterocycles. The van der Waals surface area contributed by atoms with Crippen LogP contribution in [0.5, 0.6) is 11.5 Å². The second kappa shape index (κ2) is 6.50. The Morgan fingerprint density at radius 2 is 1.71 bits per heavy atom. The minimum atomic E-state index is -3.55. The van der Waals surface area contributed by atoms with Gasteiger partial charge >= 0.3 is 0 Å². The topological polar surface area (TPSA) is 108 Å². The zero-order valence-corrected chi connectivity index (χ0v) is 13.5. The van der Waals surface area contributed by atoms with Crippen LogP contribution >= 0.6 is 0 Å². The molecular formula is C16H16N2O5S. The third-order valence-electron chi connectivity index (χ3n) is 3.48. The maximum Gasteiger partial charge on any atom is 0.251 e. The molecule has 2 aromatic rings. The SMILES string of the molecule is NS(=O)(=O)Cc1ccc(CNC(=O)c2ccc3c(c2)OCO3)cc1. The number of nitrogens with one attached hydrogen (secondary N) is 1. The molecule has 0 aromatic heterocycles. The van der Waals surface area contributed by atoms with E-state index in [2.05, 4.69) is 5.32 Å². The summed E-state index contributed by atoms with van der Waals surface area (Å²) in [5.74, 6) is 0.727. The maximum absolute atomic E-state index is 12.2. The molecule has 0 atom stereocenters. The summed E-state index contributed by atoms with van der Waals surface area (Å²) in [4.78, 5) is 12.2. The number of benzene rings is 2. The van der Waals surface area contributed by atoms with Crippen molar-refractivity contribution < 1.29 is 22.7 Å². The number of ether oxygens (including phenoxy) is 2. The van der Waals surface area contributed by atoms with Crippen LogP contribution in [0, 0.1) is 0 Å². The fourth-order valence-electron chi connectivity index (χ4n) is 2.31. The van der Waals surface area contributed by atoms with E-state index in [1.807, 2.05) is 0 Å². The molecule has 1 aliphatic rings. The van der Waals surface area contributed by atoms with Gasteiger partial charge in [0.1, 0.15) is 0 Å². The number of fused-ring (bicyclic) bond motifs is 1. The van der Waals surface area contributed by atoms with Crippen molar-refractivity contribution in [2.24, 2.45) is 5.14 Å². The number of primary sulfonamides is 1. The number of carbonyl (C=O) groups excluding carboxylic acids is 1. The fourth-order valence-corrected chi connectivity index (χ4v) is 2.96. The van der Waals surface area contributed by atoms with Crippen LogP contribution in [-0.2, 0) is 22.3 Å². The standard InChI is InChI=1S/C16H16N2O5S/c17-24(20,21)9-12-3-1-11(2-4-12)8-18-16(19)13-5-6-14-15(7-13)23-10-22-14/h1-7H,8-10H2,(H,18,19)(H2,17,20,21). The first-order valence-electron chi connectivity index (χ1n) is 7.17. The van der Waals surface area contributed by atoms with Crippen molar-refractivity contribution in [3.05, 3.63) is 59.2 Å². The van der Waals surface area contributed by atoms with Crippen LogP contribution in [0.15, 0.2) is 42.5 Å². The molecule has 0 unspecified atom stereocenters. The Morgan fingerprint density at radius 1 is 1.04 bits per heavy atom. The zero-order valence-electron chi connectivity index (χ0n) is 12.7. The van der Waals surface area contributed by atoms with Crippen molar-refractivity contribution in [3.8, 4) is 11.5 Å². The molecule has 0 saturated heterocycles. The molecule has 0 saturated carbocycles. The zero-order chi connectivity index (χ0) is 17.2.